The molecule has 0 bridgehead atoms. The normalized spacial score (nSPS) is 10.6. The van der Waals surface area contributed by atoms with Crippen LogP contribution in [0, 0.1) is 0 Å². The number of ether oxygens (including phenoxy) is 1. The fourth-order valence-corrected chi connectivity index (χ4v) is 1.62. The standard InChI is InChI=1S/C9H8BrF2NO3/c1-16-6(15)2-4-7(9(11)12)5(14)3-13-8(4)10/h3,9,14H,2H2,1H3. The number of esters is 1. The van der Waals surface area contributed by atoms with Crippen LogP contribution in [0.1, 0.15) is 17.6 Å². The van der Waals surface area contributed by atoms with E-state index in [4.69, 9.17) is 0 Å². The first-order chi connectivity index (χ1) is 7.47. The summed E-state index contributed by atoms with van der Waals surface area (Å²) in [7, 11) is 1.15. The van der Waals surface area contributed by atoms with Gasteiger partial charge < -0.3 is 9.84 Å². The van der Waals surface area contributed by atoms with Gasteiger partial charge in [-0.25, -0.2) is 13.8 Å². The van der Waals surface area contributed by atoms with E-state index in [9.17, 15) is 18.7 Å². The molecule has 0 aliphatic heterocycles. The maximum absolute atomic E-state index is 12.7. The van der Waals surface area contributed by atoms with Gasteiger partial charge in [0.1, 0.15) is 10.4 Å². The monoisotopic (exact) mass is 295 g/mol. The molecule has 0 atom stereocenters. The number of halogens is 3. The molecule has 1 heterocycles. The van der Waals surface area contributed by atoms with Crippen molar-refractivity contribution in [1.29, 1.82) is 0 Å². The predicted molar refractivity (Wildman–Crippen MR) is 54.3 cm³/mol. The highest BCUT2D eigenvalue weighted by molar-refractivity contribution is 9.10. The predicted octanol–water partition coefficient (Wildman–Crippen LogP) is 2.20. The van der Waals surface area contributed by atoms with Crippen molar-refractivity contribution in [1.82, 2.24) is 4.98 Å². The third-order valence-corrected chi connectivity index (χ3v) is 2.60. The minimum atomic E-state index is -2.89. The van der Waals surface area contributed by atoms with Crippen molar-refractivity contribution in [2.45, 2.75) is 12.8 Å². The van der Waals surface area contributed by atoms with Gasteiger partial charge in [-0.15, -0.1) is 0 Å². The van der Waals surface area contributed by atoms with Gasteiger partial charge in [-0.1, -0.05) is 0 Å². The maximum atomic E-state index is 12.7. The number of methoxy groups -OCH3 is 1. The number of hydrogen-bond donors (Lipinski definition) is 1. The van der Waals surface area contributed by atoms with Gasteiger partial charge >= 0.3 is 5.97 Å². The molecule has 1 N–H and O–H groups in total. The lowest BCUT2D eigenvalue weighted by Crippen LogP contribution is -2.09. The summed E-state index contributed by atoms with van der Waals surface area (Å²) in [6.07, 6.45) is -2.37. The Balaban J connectivity index is 3.23. The summed E-state index contributed by atoms with van der Waals surface area (Å²) in [5, 5.41) is 9.26. The molecule has 7 heteroatoms. The fourth-order valence-electron chi connectivity index (χ4n) is 1.16. The summed E-state index contributed by atoms with van der Waals surface area (Å²) in [6.45, 7) is 0. The van der Waals surface area contributed by atoms with Crippen LogP contribution in [0.15, 0.2) is 10.8 Å². The second-order valence-corrected chi connectivity index (χ2v) is 3.63. The third kappa shape index (κ3) is 2.66. The fraction of sp³-hybridized carbons (Fsp3) is 0.333. The van der Waals surface area contributed by atoms with Gasteiger partial charge in [-0.3, -0.25) is 4.79 Å². The van der Waals surface area contributed by atoms with Crippen LogP contribution in [0.5, 0.6) is 5.75 Å². The van der Waals surface area contributed by atoms with Crippen LogP contribution in [0.25, 0.3) is 0 Å². The molecule has 4 nitrogen and oxygen atoms in total. The molecule has 0 fully saturated rings. The smallest absolute Gasteiger partial charge is 0.310 e. The van der Waals surface area contributed by atoms with Crippen LogP contribution < -0.4 is 0 Å². The van der Waals surface area contributed by atoms with Crippen molar-refractivity contribution in [3.63, 3.8) is 0 Å². The molecule has 0 aromatic carbocycles. The first-order valence-corrected chi connectivity index (χ1v) is 4.97. The summed E-state index contributed by atoms with van der Waals surface area (Å²) < 4.78 is 29.8. The van der Waals surface area contributed by atoms with Gasteiger partial charge in [0.25, 0.3) is 6.43 Å². The van der Waals surface area contributed by atoms with Crippen molar-refractivity contribution in [3.05, 3.63) is 21.9 Å². The molecule has 16 heavy (non-hydrogen) atoms. The van der Waals surface area contributed by atoms with Gasteiger partial charge in [0.05, 0.1) is 25.3 Å². The largest absolute Gasteiger partial charge is 0.506 e. The van der Waals surface area contributed by atoms with Crippen LogP contribution in [0.3, 0.4) is 0 Å². The van der Waals surface area contributed by atoms with E-state index >= 15 is 0 Å². The Morgan fingerprint density at radius 2 is 2.31 bits per heavy atom. The first kappa shape index (κ1) is 12.8. The number of hydrogen-bond acceptors (Lipinski definition) is 4. The Kier molecular flexibility index (Phi) is 4.17. The van der Waals surface area contributed by atoms with Crippen LogP contribution in [0.4, 0.5) is 8.78 Å². The van der Waals surface area contributed by atoms with Crippen LogP contribution >= 0.6 is 15.9 Å². The quantitative estimate of drug-likeness (QED) is 0.686. The Labute approximate surface area is 98.4 Å². The number of rotatable bonds is 3. The zero-order chi connectivity index (χ0) is 12.3. The highest BCUT2D eigenvalue weighted by atomic mass is 79.9. The molecule has 0 aliphatic carbocycles. The van der Waals surface area contributed by atoms with E-state index < -0.39 is 23.7 Å². The molecule has 0 aliphatic rings. The summed E-state index contributed by atoms with van der Waals surface area (Å²) in [6, 6.07) is 0. The van der Waals surface area contributed by atoms with E-state index in [1.54, 1.807) is 0 Å². The van der Waals surface area contributed by atoms with E-state index in [0.717, 1.165) is 13.3 Å². The Bertz CT molecular complexity index is 412. The summed E-state index contributed by atoms with van der Waals surface area (Å²) >= 11 is 2.94. The van der Waals surface area contributed by atoms with Crippen molar-refractivity contribution in [2.75, 3.05) is 7.11 Å². The molecule has 88 valence electrons. The van der Waals surface area contributed by atoms with E-state index in [1.807, 2.05) is 0 Å². The number of carbonyl (C=O) groups excluding carboxylic acids is 1. The maximum Gasteiger partial charge on any atom is 0.310 e. The molecule has 1 aromatic rings. The Hall–Kier alpha value is -1.24. The lowest BCUT2D eigenvalue weighted by molar-refractivity contribution is -0.139. The van der Waals surface area contributed by atoms with Crippen LogP contribution in [0.2, 0.25) is 0 Å². The second-order valence-electron chi connectivity index (χ2n) is 2.88. The third-order valence-electron chi connectivity index (χ3n) is 1.92. The zero-order valence-electron chi connectivity index (χ0n) is 8.21. The number of alkyl halides is 2. The Morgan fingerprint density at radius 1 is 1.69 bits per heavy atom. The number of pyridine rings is 1. The molecular formula is C9H8BrF2NO3. The van der Waals surface area contributed by atoms with Crippen LogP contribution in [-0.4, -0.2) is 23.2 Å². The van der Waals surface area contributed by atoms with Gasteiger partial charge in [-0.2, -0.15) is 0 Å². The van der Waals surface area contributed by atoms with E-state index in [2.05, 4.69) is 25.7 Å². The average Bonchev–Trinajstić information content (AvgIpc) is 2.22. The van der Waals surface area contributed by atoms with E-state index in [-0.39, 0.29) is 16.6 Å². The SMILES string of the molecule is COC(=O)Cc1c(Br)ncc(O)c1C(F)F. The average molecular weight is 296 g/mol. The molecule has 0 unspecified atom stereocenters. The molecule has 1 aromatic heterocycles. The molecular weight excluding hydrogens is 288 g/mol. The molecule has 1 rings (SSSR count). The van der Waals surface area contributed by atoms with Crippen molar-refractivity contribution < 1.29 is 23.4 Å². The van der Waals surface area contributed by atoms with Gasteiger partial charge in [0.2, 0.25) is 0 Å². The van der Waals surface area contributed by atoms with E-state index in [1.165, 1.54) is 0 Å². The van der Waals surface area contributed by atoms with Crippen molar-refractivity contribution >= 4 is 21.9 Å². The van der Waals surface area contributed by atoms with Gasteiger partial charge in [-0.05, 0) is 15.9 Å². The molecule has 0 spiro atoms. The Morgan fingerprint density at radius 3 is 2.81 bits per heavy atom. The van der Waals surface area contributed by atoms with Crippen molar-refractivity contribution in [2.24, 2.45) is 0 Å². The molecule has 0 saturated heterocycles. The lowest BCUT2D eigenvalue weighted by Gasteiger charge is -2.10. The van der Waals surface area contributed by atoms with E-state index in [0.29, 0.717) is 0 Å². The first-order valence-electron chi connectivity index (χ1n) is 4.18. The second kappa shape index (κ2) is 5.20. The summed E-state index contributed by atoms with van der Waals surface area (Å²) in [5.41, 5.74) is -0.672. The minimum Gasteiger partial charge on any atom is -0.506 e. The summed E-state index contributed by atoms with van der Waals surface area (Å²) in [5.74, 6) is -1.33. The topological polar surface area (TPSA) is 59.4 Å². The van der Waals surface area contributed by atoms with Crippen LogP contribution in [-0.2, 0) is 16.0 Å². The highest BCUT2D eigenvalue weighted by Gasteiger charge is 2.23. The van der Waals surface area contributed by atoms with Gasteiger partial charge in [0, 0.05) is 5.56 Å². The number of aromatic nitrogens is 1. The lowest BCUT2D eigenvalue weighted by atomic mass is 10.1. The highest BCUT2D eigenvalue weighted by Crippen LogP contribution is 2.34. The number of aromatic hydroxyl groups is 1. The molecule has 0 amide bonds. The zero-order valence-corrected chi connectivity index (χ0v) is 9.79. The van der Waals surface area contributed by atoms with Gasteiger partial charge in [0.15, 0.2) is 0 Å². The van der Waals surface area contributed by atoms with Crippen molar-refractivity contribution in [3.8, 4) is 5.75 Å². The molecule has 0 radical (unpaired) electrons. The molecule has 0 saturated carbocycles. The summed E-state index contributed by atoms with van der Waals surface area (Å²) in [4.78, 5) is 14.7. The number of carbonyl (C=O) groups is 1. The minimum absolute atomic E-state index is 0.0677. The number of nitrogens with zero attached hydrogens (tertiary/aromatic N) is 1.